The lowest BCUT2D eigenvalue weighted by Gasteiger charge is -2.43. The molecule has 0 unspecified atom stereocenters. The second kappa shape index (κ2) is 5.72. The lowest BCUT2D eigenvalue weighted by molar-refractivity contribution is -0.157. The van der Waals surface area contributed by atoms with Crippen LogP contribution in [-0.2, 0) is 14.3 Å². The molecule has 20 heavy (non-hydrogen) atoms. The Bertz CT molecular complexity index is 376. The van der Waals surface area contributed by atoms with Crippen LogP contribution >= 0.6 is 0 Å². The molecule has 2 aliphatic rings. The SMILES string of the molecule is CCC1(C(=O)O)CCN(C(=O)CC2(OC)CCC2)CC1. The molecule has 0 aromatic carbocycles. The van der Waals surface area contributed by atoms with Crippen molar-refractivity contribution in [3.8, 4) is 0 Å². The lowest BCUT2D eigenvalue weighted by atomic mass is 9.75. The molecule has 5 heteroatoms. The van der Waals surface area contributed by atoms with Crippen molar-refractivity contribution in [3.63, 3.8) is 0 Å². The highest BCUT2D eigenvalue weighted by Gasteiger charge is 2.43. The molecule has 0 bridgehead atoms. The third kappa shape index (κ3) is 2.68. The first-order chi connectivity index (χ1) is 9.47. The molecule has 1 aliphatic heterocycles. The van der Waals surface area contributed by atoms with Gasteiger partial charge in [-0.25, -0.2) is 0 Å². The Hall–Kier alpha value is -1.10. The average molecular weight is 283 g/mol. The van der Waals surface area contributed by atoms with Crippen LogP contribution in [0, 0.1) is 5.41 Å². The number of likely N-dealkylation sites (tertiary alicyclic amines) is 1. The van der Waals surface area contributed by atoms with E-state index in [9.17, 15) is 14.7 Å². The number of carboxylic acid groups (broad SMARTS) is 1. The van der Waals surface area contributed by atoms with Crippen molar-refractivity contribution in [2.45, 2.75) is 57.5 Å². The van der Waals surface area contributed by atoms with Crippen molar-refractivity contribution < 1.29 is 19.4 Å². The van der Waals surface area contributed by atoms with Gasteiger partial charge in [0.25, 0.3) is 0 Å². The van der Waals surface area contributed by atoms with Gasteiger partial charge < -0.3 is 14.7 Å². The van der Waals surface area contributed by atoms with Crippen LogP contribution in [0.5, 0.6) is 0 Å². The van der Waals surface area contributed by atoms with Crippen molar-refractivity contribution in [2.75, 3.05) is 20.2 Å². The molecule has 1 amide bonds. The summed E-state index contributed by atoms with van der Waals surface area (Å²) in [6.45, 7) is 3.03. The predicted molar refractivity (Wildman–Crippen MR) is 74.4 cm³/mol. The van der Waals surface area contributed by atoms with Crippen LogP contribution in [0.2, 0.25) is 0 Å². The molecule has 114 valence electrons. The first-order valence-corrected chi connectivity index (χ1v) is 7.53. The lowest BCUT2D eigenvalue weighted by Crippen LogP contribution is -2.50. The number of nitrogens with zero attached hydrogens (tertiary/aromatic N) is 1. The molecule has 0 spiro atoms. The molecule has 0 radical (unpaired) electrons. The molecule has 1 saturated heterocycles. The maximum absolute atomic E-state index is 12.3. The van der Waals surface area contributed by atoms with Gasteiger partial charge in [-0.1, -0.05) is 6.92 Å². The third-order valence-electron chi connectivity index (χ3n) is 5.37. The Morgan fingerprint density at radius 3 is 2.15 bits per heavy atom. The zero-order valence-corrected chi connectivity index (χ0v) is 12.5. The van der Waals surface area contributed by atoms with Gasteiger partial charge in [-0.2, -0.15) is 0 Å². The summed E-state index contributed by atoms with van der Waals surface area (Å²) in [6, 6.07) is 0. The number of piperidine rings is 1. The number of carboxylic acids is 1. The average Bonchev–Trinajstić information content (AvgIpc) is 2.42. The number of carbonyl (C=O) groups excluding carboxylic acids is 1. The minimum absolute atomic E-state index is 0.113. The van der Waals surface area contributed by atoms with Crippen LogP contribution in [0.25, 0.3) is 0 Å². The second-order valence-corrected chi connectivity index (χ2v) is 6.24. The Kier molecular flexibility index (Phi) is 4.37. The number of aliphatic carboxylic acids is 1. The minimum atomic E-state index is -0.723. The van der Waals surface area contributed by atoms with Gasteiger partial charge in [0.15, 0.2) is 0 Å². The zero-order chi connectivity index (χ0) is 14.8. The van der Waals surface area contributed by atoms with Crippen LogP contribution in [0.4, 0.5) is 0 Å². The molecule has 1 aliphatic carbocycles. The monoisotopic (exact) mass is 283 g/mol. The first-order valence-electron chi connectivity index (χ1n) is 7.53. The molecule has 2 fully saturated rings. The Labute approximate surface area is 120 Å². The quantitative estimate of drug-likeness (QED) is 0.838. The van der Waals surface area contributed by atoms with E-state index in [0.717, 1.165) is 19.3 Å². The standard InChI is InChI=1S/C15H25NO4/c1-3-14(13(18)19)7-9-16(10-8-14)12(17)11-15(20-2)5-4-6-15/h3-11H2,1-2H3,(H,18,19). The van der Waals surface area contributed by atoms with Gasteiger partial charge in [-0.15, -0.1) is 0 Å². The fourth-order valence-electron chi connectivity index (χ4n) is 3.31. The van der Waals surface area contributed by atoms with Crippen LogP contribution in [0.15, 0.2) is 0 Å². The van der Waals surface area contributed by atoms with Crippen LogP contribution < -0.4 is 0 Å². The fraction of sp³-hybridized carbons (Fsp3) is 0.867. The van der Waals surface area contributed by atoms with Gasteiger partial charge >= 0.3 is 5.97 Å². The van der Waals surface area contributed by atoms with Crippen molar-refractivity contribution in [3.05, 3.63) is 0 Å². The first kappa shape index (κ1) is 15.3. The highest BCUT2D eigenvalue weighted by atomic mass is 16.5. The van der Waals surface area contributed by atoms with Gasteiger partial charge in [-0.05, 0) is 38.5 Å². The van der Waals surface area contributed by atoms with E-state index >= 15 is 0 Å². The van der Waals surface area contributed by atoms with Crippen molar-refractivity contribution in [1.82, 2.24) is 4.90 Å². The summed E-state index contributed by atoms with van der Waals surface area (Å²) in [4.78, 5) is 25.5. The topological polar surface area (TPSA) is 66.8 Å². The Balaban J connectivity index is 1.90. The number of rotatable bonds is 5. The molecular formula is C15H25NO4. The van der Waals surface area contributed by atoms with Crippen LogP contribution in [0.3, 0.4) is 0 Å². The molecule has 1 heterocycles. The molecule has 0 atom stereocenters. The van der Waals surface area contributed by atoms with E-state index in [0.29, 0.717) is 38.8 Å². The maximum atomic E-state index is 12.3. The van der Waals surface area contributed by atoms with E-state index in [1.807, 2.05) is 11.8 Å². The molecule has 2 rings (SSSR count). The zero-order valence-electron chi connectivity index (χ0n) is 12.5. The molecule has 0 aromatic heterocycles. The van der Waals surface area contributed by atoms with Crippen molar-refractivity contribution in [2.24, 2.45) is 5.41 Å². The summed E-state index contributed by atoms with van der Waals surface area (Å²) >= 11 is 0. The van der Waals surface area contributed by atoms with Gasteiger partial charge in [0.1, 0.15) is 0 Å². The summed E-state index contributed by atoms with van der Waals surface area (Å²) in [5.41, 5.74) is -0.880. The summed E-state index contributed by atoms with van der Waals surface area (Å²) < 4.78 is 5.49. The summed E-state index contributed by atoms with van der Waals surface area (Å²) in [6.07, 6.45) is 5.23. The van der Waals surface area contributed by atoms with Crippen molar-refractivity contribution in [1.29, 1.82) is 0 Å². The van der Waals surface area contributed by atoms with E-state index in [2.05, 4.69) is 0 Å². The Morgan fingerprint density at radius 1 is 1.20 bits per heavy atom. The number of ether oxygens (including phenoxy) is 1. The molecule has 5 nitrogen and oxygen atoms in total. The highest BCUT2D eigenvalue weighted by molar-refractivity contribution is 5.79. The van der Waals surface area contributed by atoms with E-state index < -0.39 is 11.4 Å². The molecule has 0 aromatic rings. The number of amides is 1. The van der Waals surface area contributed by atoms with E-state index in [1.165, 1.54) is 0 Å². The molecule has 1 saturated carbocycles. The van der Waals surface area contributed by atoms with Crippen LogP contribution in [-0.4, -0.2) is 47.7 Å². The van der Waals surface area contributed by atoms with E-state index in [1.54, 1.807) is 7.11 Å². The van der Waals surface area contributed by atoms with Crippen molar-refractivity contribution >= 4 is 11.9 Å². The van der Waals surface area contributed by atoms with Gasteiger partial charge in [-0.3, -0.25) is 9.59 Å². The minimum Gasteiger partial charge on any atom is -0.481 e. The largest absolute Gasteiger partial charge is 0.481 e. The number of carbonyl (C=O) groups is 2. The maximum Gasteiger partial charge on any atom is 0.309 e. The summed E-state index contributed by atoms with van der Waals surface area (Å²) in [7, 11) is 1.68. The van der Waals surface area contributed by atoms with Gasteiger partial charge in [0, 0.05) is 20.2 Å². The second-order valence-electron chi connectivity index (χ2n) is 6.24. The number of methoxy groups -OCH3 is 1. The number of hydrogen-bond donors (Lipinski definition) is 1. The summed E-state index contributed by atoms with van der Waals surface area (Å²) in [5, 5.41) is 9.36. The van der Waals surface area contributed by atoms with E-state index in [-0.39, 0.29) is 11.5 Å². The van der Waals surface area contributed by atoms with Crippen LogP contribution in [0.1, 0.15) is 51.9 Å². The highest BCUT2D eigenvalue weighted by Crippen LogP contribution is 2.40. The van der Waals surface area contributed by atoms with Gasteiger partial charge in [0.2, 0.25) is 5.91 Å². The Morgan fingerprint density at radius 2 is 1.80 bits per heavy atom. The van der Waals surface area contributed by atoms with Gasteiger partial charge in [0.05, 0.1) is 17.4 Å². The third-order valence-corrected chi connectivity index (χ3v) is 5.37. The van der Waals surface area contributed by atoms with E-state index in [4.69, 9.17) is 4.74 Å². The molecule has 1 N–H and O–H groups in total. The fourth-order valence-corrected chi connectivity index (χ4v) is 3.31. The smallest absolute Gasteiger partial charge is 0.309 e. The predicted octanol–water partition coefficient (Wildman–Crippen LogP) is 2.05. The normalized spacial score (nSPS) is 24.0. The molecular weight excluding hydrogens is 258 g/mol. The summed E-state index contributed by atoms with van der Waals surface area (Å²) in [5.74, 6) is -0.610. The number of hydrogen-bond acceptors (Lipinski definition) is 3.